The lowest BCUT2D eigenvalue weighted by molar-refractivity contribution is 0.259. The second-order valence-corrected chi connectivity index (χ2v) is 4.35. The van der Waals surface area contributed by atoms with Gasteiger partial charge < -0.3 is 0 Å². The average Bonchev–Trinajstić information content (AvgIpc) is 2.29. The van der Waals surface area contributed by atoms with E-state index in [0.717, 1.165) is 23.6 Å². The van der Waals surface area contributed by atoms with Crippen LogP contribution in [0.25, 0.3) is 0 Å². The highest BCUT2D eigenvalue weighted by atomic mass is 35.5. The zero-order chi connectivity index (χ0) is 12.0. The van der Waals surface area contributed by atoms with Crippen LogP contribution in [-0.4, -0.2) is 18.5 Å². The van der Waals surface area contributed by atoms with E-state index in [4.69, 9.17) is 16.9 Å². The third kappa shape index (κ3) is 3.52. The van der Waals surface area contributed by atoms with Crippen LogP contribution in [0.1, 0.15) is 31.4 Å². The number of nitriles is 1. The van der Waals surface area contributed by atoms with Crippen molar-refractivity contribution in [3.8, 4) is 6.07 Å². The smallest absolute Gasteiger partial charge is 0.0622 e. The maximum Gasteiger partial charge on any atom is 0.0622 e. The summed E-state index contributed by atoms with van der Waals surface area (Å²) in [4.78, 5) is 2.22. The first-order chi connectivity index (χ1) is 7.66. The lowest BCUT2D eigenvalue weighted by Crippen LogP contribution is -2.23. The molecule has 1 rings (SSSR count). The normalized spacial score (nSPS) is 12.4. The summed E-state index contributed by atoms with van der Waals surface area (Å²) in [6, 6.07) is 10.3. The second kappa shape index (κ2) is 6.52. The topological polar surface area (TPSA) is 27.0 Å². The van der Waals surface area contributed by atoms with E-state index in [1.165, 1.54) is 0 Å². The summed E-state index contributed by atoms with van der Waals surface area (Å²) in [7, 11) is 2.06. The summed E-state index contributed by atoms with van der Waals surface area (Å²) in [6.45, 7) is 3.05. The van der Waals surface area contributed by atoms with Crippen molar-refractivity contribution in [3.05, 3.63) is 34.9 Å². The molecule has 0 fully saturated rings. The molecule has 16 heavy (non-hydrogen) atoms. The van der Waals surface area contributed by atoms with E-state index < -0.39 is 0 Å². The lowest BCUT2D eigenvalue weighted by atomic mass is 10.1. The Kier molecular flexibility index (Phi) is 5.31. The lowest BCUT2D eigenvalue weighted by Gasteiger charge is -2.25. The molecule has 0 saturated carbocycles. The van der Waals surface area contributed by atoms with E-state index in [1.54, 1.807) is 0 Å². The molecule has 2 nitrogen and oxygen atoms in total. The Morgan fingerprint density at radius 1 is 1.44 bits per heavy atom. The van der Waals surface area contributed by atoms with Gasteiger partial charge >= 0.3 is 0 Å². The SMILES string of the molecule is CC(c1ccccc1Cl)N(C)CCCC#N. The number of rotatable bonds is 5. The Morgan fingerprint density at radius 2 is 2.12 bits per heavy atom. The Hall–Kier alpha value is -1.04. The second-order valence-electron chi connectivity index (χ2n) is 3.94. The quantitative estimate of drug-likeness (QED) is 0.730. The maximum absolute atomic E-state index is 8.49. The molecule has 1 aromatic rings. The summed E-state index contributed by atoms with van der Waals surface area (Å²) in [5.41, 5.74) is 1.14. The predicted octanol–water partition coefficient (Wildman–Crippen LogP) is 3.64. The fraction of sp³-hybridized carbons (Fsp3) is 0.462. The number of hydrogen-bond acceptors (Lipinski definition) is 2. The average molecular weight is 237 g/mol. The van der Waals surface area contributed by atoms with Gasteiger partial charge in [-0.05, 0) is 38.6 Å². The van der Waals surface area contributed by atoms with Gasteiger partial charge in [0.15, 0.2) is 0 Å². The zero-order valence-electron chi connectivity index (χ0n) is 9.78. The molecular formula is C13H17ClN2. The summed E-state index contributed by atoms with van der Waals surface area (Å²) in [5, 5.41) is 9.30. The van der Waals surface area contributed by atoms with Crippen molar-refractivity contribution in [1.82, 2.24) is 4.90 Å². The van der Waals surface area contributed by atoms with E-state index in [1.807, 2.05) is 24.3 Å². The van der Waals surface area contributed by atoms with Crippen LogP contribution < -0.4 is 0 Å². The fourth-order valence-electron chi connectivity index (χ4n) is 1.65. The summed E-state index contributed by atoms with van der Waals surface area (Å²) in [6.07, 6.45) is 1.52. The highest BCUT2D eigenvalue weighted by molar-refractivity contribution is 6.31. The Bertz CT molecular complexity index is 370. The van der Waals surface area contributed by atoms with Gasteiger partial charge in [0.05, 0.1) is 6.07 Å². The van der Waals surface area contributed by atoms with Crippen molar-refractivity contribution in [3.63, 3.8) is 0 Å². The number of unbranched alkanes of at least 4 members (excludes halogenated alkanes) is 1. The molecule has 0 aliphatic heterocycles. The van der Waals surface area contributed by atoms with Crippen molar-refractivity contribution >= 4 is 11.6 Å². The van der Waals surface area contributed by atoms with Gasteiger partial charge in [-0.15, -0.1) is 0 Å². The molecule has 1 unspecified atom stereocenters. The predicted molar refractivity (Wildman–Crippen MR) is 67.3 cm³/mol. The fourth-order valence-corrected chi connectivity index (χ4v) is 1.95. The van der Waals surface area contributed by atoms with Gasteiger partial charge in [0.1, 0.15) is 0 Å². The van der Waals surface area contributed by atoms with Crippen LogP contribution >= 0.6 is 11.6 Å². The van der Waals surface area contributed by atoms with Gasteiger partial charge in [0, 0.05) is 17.5 Å². The molecule has 0 radical (unpaired) electrons. The summed E-state index contributed by atoms with van der Waals surface area (Å²) >= 11 is 6.15. The minimum atomic E-state index is 0.285. The third-order valence-corrected chi connectivity index (χ3v) is 3.16. The van der Waals surface area contributed by atoms with Crippen LogP contribution in [0.2, 0.25) is 5.02 Å². The molecule has 0 aromatic heterocycles. The van der Waals surface area contributed by atoms with E-state index in [0.29, 0.717) is 6.42 Å². The van der Waals surface area contributed by atoms with E-state index in [9.17, 15) is 0 Å². The molecule has 0 spiro atoms. The number of benzene rings is 1. The standard InChI is InChI=1S/C13H17ClN2/c1-11(16(2)10-6-5-9-15)12-7-3-4-8-13(12)14/h3-4,7-8,11H,5-6,10H2,1-2H3. The van der Waals surface area contributed by atoms with Gasteiger partial charge in [0.2, 0.25) is 0 Å². The molecular weight excluding hydrogens is 220 g/mol. The van der Waals surface area contributed by atoms with Gasteiger partial charge in [-0.25, -0.2) is 0 Å². The summed E-state index contributed by atoms with van der Waals surface area (Å²) < 4.78 is 0. The van der Waals surface area contributed by atoms with E-state index in [2.05, 4.69) is 24.9 Å². The molecule has 0 aliphatic carbocycles. The maximum atomic E-state index is 8.49. The van der Waals surface area contributed by atoms with Crippen LogP contribution in [0.15, 0.2) is 24.3 Å². The number of hydrogen-bond donors (Lipinski definition) is 0. The Labute approximate surface area is 102 Å². The number of nitrogens with zero attached hydrogens (tertiary/aromatic N) is 2. The molecule has 0 aliphatic rings. The monoisotopic (exact) mass is 236 g/mol. The molecule has 86 valence electrons. The highest BCUT2D eigenvalue weighted by Gasteiger charge is 2.13. The van der Waals surface area contributed by atoms with Gasteiger partial charge in [0.25, 0.3) is 0 Å². The van der Waals surface area contributed by atoms with Crippen LogP contribution in [0, 0.1) is 11.3 Å². The van der Waals surface area contributed by atoms with Gasteiger partial charge in [-0.2, -0.15) is 5.26 Å². The van der Waals surface area contributed by atoms with E-state index >= 15 is 0 Å². The molecule has 0 heterocycles. The van der Waals surface area contributed by atoms with Crippen molar-refractivity contribution in [1.29, 1.82) is 5.26 Å². The molecule has 0 saturated heterocycles. The molecule has 0 bridgehead atoms. The molecule has 0 N–H and O–H groups in total. The van der Waals surface area contributed by atoms with Crippen molar-refractivity contribution < 1.29 is 0 Å². The largest absolute Gasteiger partial charge is 0.300 e. The zero-order valence-corrected chi connectivity index (χ0v) is 10.5. The minimum Gasteiger partial charge on any atom is -0.300 e. The minimum absolute atomic E-state index is 0.285. The third-order valence-electron chi connectivity index (χ3n) is 2.82. The molecule has 1 aromatic carbocycles. The summed E-state index contributed by atoms with van der Waals surface area (Å²) in [5.74, 6) is 0. The molecule has 1 atom stereocenters. The molecule has 3 heteroatoms. The van der Waals surface area contributed by atoms with Crippen molar-refractivity contribution in [2.24, 2.45) is 0 Å². The first-order valence-corrected chi connectivity index (χ1v) is 5.86. The van der Waals surface area contributed by atoms with Gasteiger partial charge in [-0.1, -0.05) is 29.8 Å². The first kappa shape index (κ1) is 13.0. The van der Waals surface area contributed by atoms with Crippen LogP contribution in [0.4, 0.5) is 0 Å². The van der Waals surface area contributed by atoms with Crippen LogP contribution in [-0.2, 0) is 0 Å². The Morgan fingerprint density at radius 3 is 2.75 bits per heavy atom. The molecule has 0 amide bonds. The van der Waals surface area contributed by atoms with Gasteiger partial charge in [-0.3, -0.25) is 4.90 Å². The Balaban J connectivity index is 2.60. The first-order valence-electron chi connectivity index (χ1n) is 5.48. The van der Waals surface area contributed by atoms with Crippen LogP contribution in [0.3, 0.4) is 0 Å². The van der Waals surface area contributed by atoms with Crippen LogP contribution in [0.5, 0.6) is 0 Å². The van der Waals surface area contributed by atoms with Crippen molar-refractivity contribution in [2.45, 2.75) is 25.8 Å². The number of halogens is 1. The highest BCUT2D eigenvalue weighted by Crippen LogP contribution is 2.26. The van der Waals surface area contributed by atoms with Crippen molar-refractivity contribution in [2.75, 3.05) is 13.6 Å². The van der Waals surface area contributed by atoms with E-state index in [-0.39, 0.29) is 6.04 Å².